The van der Waals surface area contributed by atoms with Gasteiger partial charge in [0.2, 0.25) is 0 Å². The Morgan fingerprint density at radius 2 is 2.05 bits per heavy atom. The third-order valence-electron chi connectivity index (χ3n) is 3.67. The summed E-state index contributed by atoms with van der Waals surface area (Å²) in [5.41, 5.74) is 7.84. The van der Waals surface area contributed by atoms with E-state index >= 15 is 0 Å². The molecule has 2 heterocycles. The molecule has 112 valence electrons. The number of halogens is 1. The highest BCUT2D eigenvalue weighted by molar-refractivity contribution is 9.10. The fraction of sp³-hybridized carbons (Fsp3) is 0.400. The minimum absolute atomic E-state index is 0.400. The molecule has 0 amide bonds. The Labute approximate surface area is 132 Å². The zero-order chi connectivity index (χ0) is 14.7. The second-order valence-electron chi connectivity index (χ2n) is 5.13. The van der Waals surface area contributed by atoms with Gasteiger partial charge in [0.1, 0.15) is 0 Å². The SMILES string of the molecule is Nc1cc(-c2ccc(CCN3CCOCC3)c(Br)c2)on1. The lowest BCUT2D eigenvalue weighted by Crippen LogP contribution is -2.37. The quantitative estimate of drug-likeness (QED) is 0.916. The van der Waals surface area contributed by atoms with Crippen LogP contribution in [0, 0.1) is 0 Å². The molecule has 1 fully saturated rings. The number of nitrogens with zero attached hydrogens (tertiary/aromatic N) is 2. The van der Waals surface area contributed by atoms with Gasteiger partial charge in [-0.15, -0.1) is 0 Å². The lowest BCUT2D eigenvalue weighted by atomic mass is 10.1. The Morgan fingerprint density at radius 3 is 2.71 bits per heavy atom. The van der Waals surface area contributed by atoms with Crippen LogP contribution in [0.3, 0.4) is 0 Å². The van der Waals surface area contributed by atoms with E-state index in [1.54, 1.807) is 6.07 Å². The normalized spacial score (nSPS) is 16.2. The smallest absolute Gasteiger partial charge is 0.169 e. The molecule has 0 radical (unpaired) electrons. The highest BCUT2D eigenvalue weighted by Crippen LogP contribution is 2.27. The molecule has 1 saturated heterocycles. The molecular weight excluding hydrogens is 334 g/mol. The first-order valence-electron chi connectivity index (χ1n) is 7.03. The highest BCUT2D eigenvalue weighted by Gasteiger charge is 2.12. The van der Waals surface area contributed by atoms with Crippen molar-refractivity contribution in [3.8, 4) is 11.3 Å². The highest BCUT2D eigenvalue weighted by atomic mass is 79.9. The van der Waals surface area contributed by atoms with Crippen molar-refractivity contribution in [2.24, 2.45) is 0 Å². The van der Waals surface area contributed by atoms with Crippen LogP contribution in [0.5, 0.6) is 0 Å². The first-order valence-corrected chi connectivity index (χ1v) is 7.83. The lowest BCUT2D eigenvalue weighted by Gasteiger charge is -2.26. The van der Waals surface area contributed by atoms with Crippen LogP contribution in [0.25, 0.3) is 11.3 Å². The molecular formula is C15H18BrN3O2. The largest absolute Gasteiger partial charge is 0.381 e. The molecule has 0 unspecified atom stereocenters. The summed E-state index contributed by atoms with van der Waals surface area (Å²) >= 11 is 3.64. The first kappa shape index (κ1) is 14.6. The van der Waals surface area contributed by atoms with Crippen molar-refractivity contribution < 1.29 is 9.26 Å². The van der Waals surface area contributed by atoms with Crippen LogP contribution in [0.2, 0.25) is 0 Å². The van der Waals surface area contributed by atoms with Gasteiger partial charge in [-0.2, -0.15) is 0 Å². The fourth-order valence-corrected chi connectivity index (χ4v) is 3.01. The number of anilines is 1. The van der Waals surface area contributed by atoms with E-state index in [-0.39, 0.29) is 0 Å². The Hall–Kier alpha value is -1.37. The van der Waals surface area contributed by atoms with Crippen molar-refractivity contribution >= 4 is 21.7 Å². The van der Waals surface area contributed by atoms with Crippen LogP contribution in [0.4, 0.5) is 5.82 Å². The molecule has 1 aromatic heterocycles. The van der Waals surface area contributed by atoms with Crippen LogP contribution in [0.15, 0.2) is 33.3 Å². The molecule has 1 aliphatic heterocycles. The molecule has 2 aromatic rings. The zero-order valence-electron chi connectivity index (χ0n) is 11.7. The molecule has 5 nitrogen and oxygen atoms in total. The van der Waals surface area contributed by atoms with E-state index in [4.69, 9.17) is 15.0 Å². The average Bonchev–Trinajstić information content (AvgIpc) is 2.93. The number of nitrogen functional groups attached to an aromatic ring is 1. The van der Waals surface area contributed by atoms with Gasteiger partial charge in [0.05, 0.1) is 13.2 Å². The van der Waals surface area contributed by atoms with Crippen LogP contribution >= 0.6 is 15.9 Å². The van der Waals surface area contributed by atoms with Crippen LogP contribution < -0.4 is 5.73 Å². The summed E-state index contributed by atoms with van der Waals surface area (Å²) in [5.74, 6) is 1.09. The third-order valence-corrected chi connectivity index (χ3v) is 4.41. The number of hydrogen-bond donors (Lipinski definition) is 1. The molecule has 0 bridgehead atoms. The van der Waals surface area contributed by atoms with Gasteiger partial charge in [-0.3, -0.25) is 4.90 Å². The van der Waals surface area contributed by atoms with Crippen LogP contribution in [0.1, 0.15) is 5.56 Å². The van der Waals surface area contributed by atoms with Crippen molar-refractivity contribution in [1.29, 1.82) is 0 Å². The minimum Gasteiger partial charge on any atom is -0.381 e. The van der Waals surface area contributed by atoms with Gasteiger partial charge in [-0.1, -0.05) is 33.2 Å². The number of hydrogen-bond acceptors (Lipinski definition) is 5. The fourth-order valence-electron chi connectivity index (χ4n) is 2.43. The number of aromatic nitrogens is 1. The number of nitrogens with two attached hydrogens (primary N) is 1. The van der Waals surface area contributed by atoms with Gasteiger partial charge < -0.3 is 15.0 Å². The molecule has 1 aliphatic rings. The maximum atomic E-state index is 5.58. The molecule has 0 aliphatic carbocycles. The molecule has 21 heavy (non-hydrogen) atoms. The molecule has 1 aromatic carbocycles. The summed E-state index contributed by atoms with van der Waals surface area (Å²) in [6, 6.07) is 7.95. The minimum atomic E-state index is 0.400. The van der Waals surface area contributed by atoms with E-state index in [1.165, 1.54) is 5.56 Å². The van der Waals surface area contributed by atoms with Gasteiger partial charge in [0, 0.05) is 35.7 Å². The Bertz CT molecular complexity index is 609. The molecule has 3 rings (SSSR count). The summed E-state index contributed by atoms with van der Waals surface area (Å²) in [6.45, 7) is 4.77. The zero-order valence-corrected chi connectivity index (χ0v) is 13.3. The van der Waals surface area contributed by atoms with E-state index in [0.717, 1.165) is 49.3 Å². The number of benzene rings is 1. The standard InChI is InChI=1S/C15H18BrN3O2/c16-13-9-12(14-10-15(17)18-21-14)2-1-11(13)3-4-19-5-7-20-8-6-19/h1-2,9-10H,3-8H2,(H2,17,18). The van der Waals surface area contributed by atoms with Crippen molar-refractivity contribution in [3.63, 3.8) is 0 Å². The van der Waals surface area contributed by atoms with Gasteiger partial charge in [0.15, 0.2) is 11.6 Å². The predicted molar refractivity (Wildman–Crippen MR) is 85.0 cm³/mol. The Morgan fingerprint density at radius 1 is 1.24 bits per heavy atom. The predicted octanol–water partition coefficient (Wildman–Crippen LogP) is 2.56. The monoisotopic (exact) mass is 351 g/mol. The summed E-state index contributed by atoms with van der Waals surface area (Å²) in [7, 11) is 0. The van der Waals surface area contributed by atoms with Gasteiger partial charge in [0.25, 0.3) is 0 Å². The number of ether oxygens (including phenoxy) is 1. The summed E-state index contributed by atoms with van der Waals surface area (Å²) in [5, 5.41) is 3.71. The molecule has 6 heteroatoms. The van der Waals surface area contributed by atoms with Gasteiger partial charge in [-0.05, 0) is 18.1 Å². The van der Waals surface area contributed by atoms with Gasteiger partial charge >= 0.3 is 0 Å². The maximum Gasteiger partial charge on any atom is 0.169 e. The average molecular weight is 352 g/mol. The van der Waals surface area contributed by atoms with Crippen LogP contribution in [-0.4, -0.2) is 42.9 Å². The second kappa shape index (κ2) is 6.60. The van der Waals surface area contributed by atoms with E-state index < -0.39 is 0 Å². The third kappa shape index (κ3) is 3.64. The topological polar surface area (TPSA) is 64.5 Å². The van der Waals surface area contributed by atoms with Crippen molar-refractivity contribution in [1.82, 2.24) is 10.1 Å². The summed E-state index contributed by atoms with van der Waals surface area (Å²) in [6.07, 6.45) is 1.01. The van der Waals surface area contributed by atoms with Gasteiger partial charge in [-0.25, -0.2) is 0 Å². The van der Waals surface area contributed by atoms with E-state index in [9.17, 15) is 0 Å². The number of morpholine rings is 1. The molecule has 2 N–H and O–H groups in total. The molecule has 0 saturated carbocycles. The van der Waals surface area contributed by atoms with Crippen molar-refractivity contribution in [2.45, 2.75) is 6.42 Å². The summed E-state index contributed by atoms with van der Waals surface area (Å²) < 4.78 is 11.6. The maximum absolute atomic E-state index is 5.58. The second-order valence-corrected chi connectivity index (χ2v) is 5.98. The van der Waals surface area contributed by atoms with Crippen molar-refractivity contribution in [3.05, 3.63) is 34.3 Å². The molecule has 0 atom stereocenters. The Kier molecular flexibility index (Phi) is 4.57. The molecule has 0 spiro atoms. The van der Waals surface area contributed by atoms with E-state index in [0.29, 0.717) is 11.6 Å². The van der Waals surface area contributed by atoms with Crippen LogP contribution in [-0.2, 0) is 11.2 Å². The lowest BCUT2D eigenvalue weighted by molar-refractivity contribution is 0.0384. The van der Waals surface area contributed by atoms with E-state index in [1.807, 2.05) is 6.07 Å². The first-order chi connectivity index (χ1) is 10.2. The Balaban J connectivity index is 1.66. The number of rotatable bonds is 4. The van der Waals surface area contributed by atoms with E-state index in [2.05, 4.69) is 38.1 Å². The summed E-state index contributed by atoms with van der Waals surface area (Å²) in [4.78, 5) is 2.43. The van der Waals surface area contributed by atoms with Crippen molar-refractivity contribution in [2.75, 3.05) is 38.6 Å².